The molecule has 1 fully saturated rings. The van der Waals surface area contributed by atoms with Crippen molar-refractivity contribution < 1.29 is 13.2 Å². The molecule has 0 N–H and O–H groups in total. The SMILES string of the molecule is C=CC1OC(CCC)CCCCC1S(=O)(=O)c1ccccc1. The van der Waals surface area contributed by atoms with Crippen LogP contribution in [0.3, 0.4) is 0 Å². The lowest BCUT2D eigenvalue weighted by Crippen LogP contribution is -2.38. The molecular weight excluding hydrogens is 296 g/mol. The quantitative estimate of drug-likeness (QED) is 0.765. The summed E-state index contributed by atoms with van der Waals surface area (Å²) in [6.07, 6.45) is 6.98. The second-order valence-corrected chi connectivity index (χ2v) is 8.09. The molecule has 1 aliphatic heterocycles. The summed E-state index contributed by atoms with van der Waals surface area (Å²) in [4.78, 5) is 0.378. The second kappa shape index (κ2) is 7.93. The van der Waals surface area contributed by atoms with E-state index >= 15 is 0 Å². The third kappa shape index (κ3) is 3.99. The van der Waals surface area contributed by atoms with Gasteiger partial charge in [0.25, 0.3) is 0 Å². The van der Waals surface area contributed by atoms with Crippen molar-refractivity contribution in [1.82, 2.24) is 0 Å². The van der Waals surface area contributed by atoms with Crippen LogP contribution in [0.15, 0.2) is 47.9 Å². The molecule has 3 atom stereocenters. The zero-order valence-electron chi connectivity index (χ0n) is 13.3. The summed E-state index contributed by atoms with van der Waals surface area (Å²) in [5.41, 5.74) is 0. The maximum absolute atomic E-state index is 13.0. The van der Waals surface area contributed by atoms with E-state index in [2.05, 4.69) is 13.5 Å². The fraction of sp³-hybridized carbons (Fsp3) is 0.556. The summed E-state index contributed by atoms with van der Waals surface area (Å²) in [5, 5.41) is -0.535. The van der Waals surface area contributed by atoms with Crippen molar-refractivity contribution >= 4 is 9.84 Å². The molecule has 0 amide bonds. The largest absolute Gasteiger partial charge is 0.370 e. The topological polar surface area (TPSA) is 43.4 Å². The molecule has 0 bridgehead atoms. The van der Waals surface area contributed by atoms with Crippen molar-refractivity contribution in [2.24, 2.45) is 0 Å². The van der Waals surface area contributed by atoms with Crippen LogP contribution >= 0.6 is 0 Å². The molecule has 1 aromatic carbocycles. The Kier molecular flexibility index (Phi) is 6.21. The monoisotopic (exact) mass is 322 g/mol. The van der Waals surface area contributed by atoms with Crippen molar-refractivity contribution in [1.29, 1.82) is 0 Å². The Labute approximate surface area is 134 Å². The highest BCUT2D eigenvalue weighted by Gasteiger charge is 2.35. The number of benzene rings is 1. The minimum absolute atomic E-state index is 0.141. The zero-order chi connectivity index (χ0) is 16.0. The van der Waals surface area contributed by atoms with Gasteiger partial charge in [-0.2, -0.15) is 0 Å². The van der Waals surface area contributed by atoms with Gasteiger partial charge in [0.15, 0.2) is 9.84 Å². The predicted octanol–water partition coefficient (Wildman–Crippen LogP) is 4.14. The van der Waals surface area contributed by atoms with Crippen LogP contribution in [0.1, 0.15) is 45.4 Å². The summed E-state index contributed by atoms with van der Waals surface area (Å²) in [7, 11) is -3.40. The molecular formula is C18H26O3S. The van der Waals surface area contributed by atoms with Crippen molar-refractivity contribution in [2.45, 2.75) is 67.8 Å². The van der Waals surface area contributed by atoms with Gasteiger partial charge in [-0.3, -0.25) is 0 Å². The van der Waals surface area contributed by atoms with Gasteiger partial charge in [-0.15, -0.1) is 6.58 Å². The van der Waals surface area contributed by atoms with Crippen LogP contribution in [-0.2, 0) is 14.6 Å². The summed E-state index contributed by atoms with van der Waals surface area (Å²) < 4.78 is 32.0. The molecule has 0 saturated carbocycles. The molecule has 1 aliphatic rings. The highest BCUT2D eigenvalue weighted by molar-refractivity contribution is 7.92. The van der Waals surface area contributed by atoms with Crippen LogP contribution in [0.4, 0.5) is 0 Å². The molecule has 3 unspecified atom stereocenters. The van der Waals surface area contributed by atoms with Gasteiger partial charge in [-0.1, -0.05) is 50.5 Å². The molecule has 2 rings (SSSR count). The fourth-order valence-corrected chi connectivity index (χ4v) is 5.01. The molecule has 0 spiro atoms. The molecule has 122 valence electrons. The van der Waals surface area contributed by atoms with E-state index in [4.69, 9.17) is 4.74 Å². The van der Waals surface area contributed by atoms with Crippen LogP contribution in [0.25, 0.3) is 0 Å². The van der Waals surface area contributed by atoms with E-state index in [9.17, 15) is 8.42 Å². The Morgan fingerprint density at radius 3 is 2.55 bits per heavy atom. The Morgan fingerprint density at radius 1 is 1.23 bits per heavy atom. The lowest BCUT2D eigenvalue weighted by molar-refractivity contribution is -0.00749. The van der Waals surface area contributed by atoms with Crippen molar-refractivity contribution in [2.75, 3.05) is 0 Å². The van der Waals surface area contributed by atoms with Crippen LogP contribution in [0, 0.1) is 0 Å². The van der Waals surface area contributed by atoms with Gasteiger partial charge >= 0.3 is 0 Å². The number of ether oxygens (including phenoxy) is 1. The smallest absolute Gasteiger partial charge is 0.184 e. The van der Waals surface area contributed by atoms with Crippen molar-refractivity contribution in [3.63, 3.8) is 0 Å². The van der Waals surface area contributed by atoms with Crippen LogP contribution < -0.4 is 0 Å². The Hall–Kier alpha value is -1.13. The molecule has 3 nitrogen and oxygen atoms in total. The van der Waals surface area contributed by atoms with Gasteiger partial charge in [-0.25, -0.2) is 8.42 Å². The maximum atomic E-state index is 13.0. The van der Waals surface area contributed by atoms with E-state index in [0.29, 0.717) is 11.3 Å². The van der Waals surface area contributed by atoms with Gasteiger partial charge in [0.1, 0.15) is 0 Å². The lowest BCUT2D eigenvalue weighted by Gasteiger charge is -2.31. The minimum atomic E-state index is -3.40. The van der Waals surface area contributed by atoms with Gasteiger partial charge in [0.05, 0.1) is 22.4 Å². The maximum Gasteiger partial charge on any atom is 0.184 e. The number of hydrogen-bond donors (Lipinski definition) is 0. The predicted molar refractivity (Wildman–Crippen MR) is 89.6 cm³/mol. The van der Waals surface area contributed by atoms with Crippen molar-refractivity contribution in [3.8, 4) is 0 Å². The van der Waals surface area contributed by atoms with Crippen molar-refractivity contribution in [3.05, 3.63) is 43.0 Å². The molecule has 1 aromatic rings. The summed E-state index contributed by atoms with van der Waals surface area (Å²) in [6, 6.07) is 8.68. The normalized spacial score (nSPS) is 26.9. The first-order chi connectivity index (χ1) is 10.6. The molecule has 1 saturated heterocycles. The Morgan fingerprint density at radius 2 is 1.91 bits per heavy atom. The highest BCUT2D eigenvalue weighted by Crippen LogP contribution is 2.29. The van der Waals surface area contributed by atoms with Gasteiger partial charge < -0.3 is 4.74 Å². The Bertz CT molecular complexity index is 565. The van der Waals surface area contributed by atoms with Crippen LogP contribution in [0.5, 0.6) is 0 Å². The molecule has 22 heavy (non-hydrogen) atoms. The zero-order valence-corrected chi connectivity index (χ0v) is 14.1. The van der Waals surface area contributed by atoms with Gasteiger partial charge in [0, 0.05) is 0 Å². The highest BCUT2D eigenvalue weighted by atomic mass is 32.2. The number of hydrogen-bond acceptors (Lipinski definition) is 3. The van der Waals surface area contributed by atoms with E-state index in [1.54, 1.807) is 30.3 Å². The minimum Gasteiger partial charge on any atom is -0.370 e. The van der Waals surface area contributed by atoms with Gasteiger partial charge in [-0.05, 0) is 31.4 Å². The summed E-state index contributed by atoms with van der Waals surface area (Å²) in [6.45, 7) is 5.95. The average molecular weight is 322 g/mol. The molecule has 0 aromatic heterocycles. The molecule has 1 heterocycles. The first kappa shape index (κ1) is 17.2. The summed E-state index contributed by atoms with van der Waals surface area (Å²) >= 11 is 0. The first-order valence-corrected chi connectivity index (χ1v) is 9.71. The molecule has 0 radical (unpaired) electrons. The lowest BCUT2D eigenvalue weighted by atomic mass is 10.0. The molecule has 4 heteroatoms. The number of rotatable bonds is 5. The van der Waals surface area contributed by atoms with E-state index in [0.717, 1.165) is 32.1 Å². The molecule has 0 aliphatic carbocycles. The third-order valence-electron chi connectivity index (χ3n) is 4.29. The average Bonchev–Trinajstić information content (AvgIpc) is 2.50. The van der Waals surface area contributed by atoms with Crippen LogP contribution in [0.2, 0.25) is 0 Å². The summed E-state index contributed by atoms with van der Waals surface area (Å²) in [5.74, 6) is 0. The fourth-order valence-electron chi connectivity index (χ4n) is 3.12. The van der Waals surface area contributed by atoms with E-state index < -0.39 is 21.2 Å². The second-order valence-electron chi connectivity index (χ2n) is 5.93. The van der Waals surface area contributed by atoms with Gasteiger partial charge in [0.2, 0.25) is 0 Å². The standard InChI is InChI=1S/C18H26O3S/c1-3-10-15-11-8-9-14-18(17(4-2)21-15)22(19,20)16-12-6-5-7-13-16/h4-7,12-13,15,17-18H,2-3,8-11,14H2,1H3. The third-order valence-corrected chi connectivity index (χ3v) is 6.52. The first-order valence-electron chi connectivity index (χ1n) is 8.16. The number of sulfone groups is 1. The van der Waals surface area contributed by atoms with E-state index in [1.807, 2.05) is 6.07 Å². The van der Waals surface area contributed by atoms with E-state index in [-0.39, 0.29) is 6.10 Å². The Balaban J connectivity index is 2.28. The van der Waals surface area contributed by atoms with E-state index in [1.165, 1.54) is 0 Å². The van der Waals surface area contributed by atoms with Crippen LogP contribution in [-0.4, -0.2) is 25.9 Å².